The summed E-state index contributed by atoms with van der Waals surface area (Å²) in [5.74, 6) is 1.46. The first-order valence-electron chi connectivity index (χ1n) is 6.74. The second-order valence-corrected chi connectivity index (χ2v) is 5.17. The summed E-state index contributed by atoms with van der Waals surface area (Å²) in [5, 5.41) is 7.92. The third-order valence-electron chi connectivity index (χ3n) is 3.47. The summed E-state index contributed by atoms with van der Waals surface area (Å²) in [7, 11) is 3.26. The molecule has 0 amide bonds. The fourth-order valence-electron chi connectivity index (χ4n) is 2.34. The standard InChI is InChI=1S/C17H15ClN2O2/c1-21-13-7-8-14(16(9-13)22-2)17-15(10-19-20-17)11-3-5-12(18)6-4-11/h3-10H,1-2H3,(H,19,20). The molecule has 0 fully saturated rings. The monoisotopic (exact) mass is 314 g/mol. The molecule has 0 spiro atoms. The van der Waals surface area contributed by atoms with E-state index < -0.39 is 0 Å². The van der Waals surface area contributed by atoms with E-state index >= 15 is 0 Å². The highest BCUT2D eigenvalue weighted by atomic mass is 35.5. The van der Waals surface area contributed by atoms with Crippen LogP contribution in [0.2, 0.25) is 5.02 Å². The van der Waals surface area contributed by atoms with Gasteiger partial charge in [-0.2, -0.15) is 5.10 Å². The molecule has 0 aliphatic carbocycles. The quantitative estimate of drug-likeness (QED) is 0.775. The lowest BCUT2D eigenvalue weighted by Gasteiger charge is -2.11. The second-order valence-electron chi connectivity index (χ2n) is 4.73. The molecule has 2 aromatic carbocycles. The number of aromatic nitrogens is 2. The van der Waals surface area contributed by atoms with Gasteiger partial charge in [0, 0.05) is 22.2 Å². The number of halogens is 1. The normalized spacial score (nSPS) is 10.5. The SMILES string of the molecule is COc1ccc(-c2[nH]ncc2-c2ccc(Cl)cc2)c(OC)c1. The Kier molecular flexibility index (Phi) is 4.02. The lowest BCUT2D eigenvalue weighted by Crippen LogP contribution is -1.92. The molecule has 1 N–H and O–H groups in total. The average Bonchev–Trinajstić information content (AvgIpc) is 3.04. The third kappa shape index (κ3) is 2.65. The van der Waals surface area contributed by atoms with Crippen LogP contribution >= 0.6 is 11.6 Å². The molecule has 0 aliphatic heterocycles. The minimum absolute atomic E-state index is 0.704. The Bertz CT molecular complexity index is 782. The van der Waals surface area contributed by atoms with E-state index in [1.54, 1.807) is 20.4 Å². The van der Waals surface area contributed by atoms with Crippen molar-refractivity contribution in [1.29, 1.82) is 0 Å². The Balaban J connectivity index is 2.10. The largest absolute Gasteiger partial charge is 0.497 e. The molecule has 0 radical (unpaired) electrons. The van der Waals surface area contributed by atoms with Crippen LogP contribution in [0.3, 0.4) is 0 Å². The van der Waals surface area contributed by atoms with E-state index in [-0.39, 0.29) is 0 Å². The van der Waals surface area contributed by atoms with Gasteiger partial charge in [-0.05, 0) is 29.8 Å². The Labute approximate surface area is 133 Å². The molecule has 1 heterocycles. The van der Waals surface area contributed by atoms with Gasteiger partial charge in [0.05, 0.1) is 26.1 Å². The van der Waals surface area contributed by atoms with Gasteiger partial charge in [0.1, 0.15) is 11.5 Å². The molecule has 0 bridgehead atoms. The highest BCUT2D eigenvalue weighted by molar-refractivity contribution is 6.30. The zero-order valence-electron chi connectivity index (χ0n) is 12.3. The van der Waals surface area contributed by atoms with Crippen molar-refractivity contribution in [3.05, 3.63) is 53.7 Å². The minimum Gasteiger partial charge on any atom is -0.497 e. The molecular weight excluding hydrogens is 300 g/mol. The van der Waals surface area contributed by atoms with Gasteiger partial charge in [-0.25, -0.2) is 0 Å². The number of aromatic amines is 1. The van der Waals surface area contributed by atoms with E-state index in [4.69, 9.17) is 21.1 Å². The second kappa shape index (κ2) is 6.12. The Hall–Kier alpha value is -2.46. The maximum atomic E-state index is 5.95. The molecule has 4 nitrogen and oxygen atoms in total. The van der Waals surface area contributed by atoms with Gasteiger partial charge in [0.25, 0.3) is 0 Å². The van der Waals surface area contributed by atoms with Crippen molar-refractivity contribution in [2.75, 3.05) is 14.2 Å². The van der Waals surface area contributed by atoms with Gasteiger partial charge in [-0.15, -0.1) is 0 Å². The van der Waals surface area contributed by atoms with Crippen molar-refractivity contribution in [1.82, 2.24) is 10.2 Å². The summed E-state index contributed by atoms with van der Waals surface area (Å²) >= 11 is 5.95. The number of H-pyrrole nitrogens is 1. The Morgan fingerprint density at radius 2 is 1.73 bits per heavy atom. The van der Waals surface area contributed by atoms with E-state index in [0.29, 0.717) is 5.02 Å². The summed E-state index contributed by atoms with van der Waals surface area (Å²) < 4.78 is 10.7. The molecule has 3 aromatic rings. The molecule has 0 unspecified atom stereocenters. The van der Waals surface area contributed by atoms with E-state index in [2.05, 4.69) is 10.2 Å². The fraction of sp³-hybridized carbons (Fsp3) is 0.118. The summed E-state index contributed by atoms with van der Waals surface area (Å²) in [6, 6.07) is 13.3. The van der Waals surface area contributed by atoms with E-state index in [9.17, 15) is 0 Å². The first kappa shape index (κ1) is 14.5. The minimum atomic E-state index is 0.704. The van der Waals surface area contributed by atoms with Gasteiger partial charge in [-0.1, -0.05) is 23.7 Å². The van der Waals surface area contributed by atoms with Gasteiger partial charge < -0.3 is 9.47 Å². The summed E-state index contributed by atoms with van der Waals surface area (Å²) in [6.07, 6.45) is 1.79. The number of rotatable bonds is 4. The van der Waals surface area contributed by atoms with Crippen molar-refractivity contribution in [3.8, 4) is 33.9 Å². The van der Waals surface area contributed by atoms with Crippen LogP contribution in [0.5, 0.6) is 11.5 Å². The molecule has 0 saturated carbocycles. The number of methoxy groups -OCH3 is 2. The Morgan fingerprint density at radius 3 is 2.41 bits per heavy atom. The topological polar surface area (TPSA) is 47.1 Å². The first-order chi connectivity index (χ1) is 10.7. The van der Waals surface area contributed by atoms with E-state index in [0.717, 1.165) is 33.9 Å². The number of hydrogen-bond acceptors (Lipinski definition) is 3. The van der Waals surface area contributed by atoms with E-state index in [1.165, 1.54) is 0 Å². The number of benzene rings is 2. The molecule has 0 aliphatic rings. The number of hydrogen-bond donors (Lipinski definition) is 1. The van der Waals surface area contributed by atoms with Crippen LogP contribution < -0.4 is 9.47 Å². The highest BCUT2D eigenvalue weighted by Crippen LogP contribution is 2.37. The van der Waals surface area contributed by atoms with Gasteiger partial charge in [0.2, 0.25) is 0 Å². The smallest absolute Gasteiger partial charge is 0.131 e. The fourth-order valence-corrected chi connectivity index (χ4v) is 2.47. The van der Waals surface area contributed by atoms with Crippen molar-refractivity contribution in [3.63, 3.8) is 0 Å². The first-order valence-corrected chi connectivity index (χ1v) is 7.12. The lowest BCUT2D eigenvalue weighted by molar-refractivity contribution is 0.395. The number of nitrogens with zero attached hydrogens (tertiary/aromatic N) is 1. The maximum absolute atomic E-state index is 5.95. The highest BCUT2D eigenvalue weighted by Gasteiger charge is 2.14. The molecule has 0 atom stereocenters. The molecule has 112 valence electrons. The van der Waals surface area contributed by atoms with Gasteiger partial charge in [0.15, 0.2) is 0 Å². The zero-order valence-corrected chi connectivity index (χ0v) is 13.0. The zero-order chi connectivity index (χ0) is 15.5. The average molecular weight is 315 g/mol. The van der Waals surface area contributed by atoms with Crippen molar-refractivity contribution >= 4 is 11.6 Å². The van der Waals surface area contributed by atoms with Crippen molar-refractivity contribution in [2.24, 2.45) is 0 Å². The Morgan fingerprint density at radius 1 is 0.955 bits per heavy atom. The predicted octanol–water partition coefficient (Wildman–Crippen LogP) is 4.41. The number of ether oxygens (including phenoxy) is 2. The molecule has 5 heteroatoms. The lowest BCUT2D eigenvalue weighted by atomic mass is 10.0. The van der Waals surface area contributed by atoms with Crippen LogP contribution in [0.25, 0.3) is 22.4 Å². The van der Waals surface area contributed by atoms with Crippen LogP contribution in [-0.4, -0.2) is 24.4 Å². The molecule has 0 saturated heterocycles. The summed E-state index contributed by atoms with van der Waals surface area (Å²) in [5.41, 5.74) is 3.83. The van der Waals surface area contributed by atoms with Crippen LogP contribution in [0.15, 0.2) is 48.7 Å². The van der Waals surface area contributed by atoms with Crippen LogP contribution in [0, 0.1) is 0 Å². The van der Waals surface area contributed by atoms with Crippen LogP contribution in [0.1, 0.15) is 0 Å². The number of nitrogens with one attached hydrogen (secondary N) is 1. The van der Waals surface area contributed by atoms with Crippen molar-refractivity contribution < 1.29 is 9.47 Å². The summed E-state index contributed by atoms with van der Waals surface area (Å²) in [6.45, 7) is 0. The van der Waals surface area contributed by atoms with Gasteiger partial charge in [-0.3, -0.25) is 5.10 Å². The molecule has 3 rings (SSSR count). The van der Waals surface area contributed by atoms with Crippen molar-refractivity contribution in [2.45, 2.75) is 0 Å². The third-order valence-corrected chi connectivity index (χ3v) is 3.72. The molecular formula is C17H15ClN2O2. The maximum Gasteiger partial charge on any atom is 0.131 e. The van der Waals surface area contributed by atoms with Gasteiger partial charge >= 0.3 is 0 Å². The summed E-state index contributed by atoms with van der Waals surface area (Å²) in [4.78, 5) is 0. The van der Waals surface area contributed by atoms with Crippen LogP contribution in [-0.2, 0) is 0 Å². The molecule has 1 aromatic heterocycles. The predicted molar refractivity (Wildman–Crippen MR) is 87.6 cm³/mol. The van der Waals surface area contributed by atoms with Crippen LogP contribution in [0.4, 0.5) is 0 Å². The van der Waals surface area contributed by atoms with E-state index in [1.807, 2.05) is 42.5 Å². The molecule has 22 heavy (non-hydrogen) atoms.